The van der Waals surface area contributed by atoms with E-state index in [0.29, 0.717) is 19.6 Å². The van der Waals surface area contributed by atoms with Crippen molar-refractivity contribution >= 4 is 32.1 Å². The molecule has 0 aliphatic carbocycles. The molecule has 1 aromatic rings. The van der Waals surface area contributed by atoms with Gasteiger partial charge < -0.3 is 14.4 Å². The second-order valence-corrected chi connectivity index (χ2v) is 9.77. The molecule has 1 aliphatic rings. The third kappa shape index (κ3) is 6.44. The predicted molar refractivity (Wildman–Crippen MR) is 104 cm³/mol. The molecule has 0 bridgehead atoms. The molecule has 1 heterocycles. The van der Waals surface area contributed by atoms with Gasteiger partial charge in [0.2, 0.25) is 0 Å². The second kappa shape index (κ2) is 8.89. The van der Waals surface area contributed by atoms with Crippen LogP contribution < -0.4 is 0 Å². The van der Waals surface area contributed by atoms with E-state index in [4.69, 9.17) is 13.7 Å². The van der Waals surface area contributed by atoms with Gasteiger partial charge in [-0.1, -0.05) is 22.9 Å². The molecule has 2 atom stereocenters. The van der Waals surface area contributed by atoms with Crippen LogP contribution in [0.2, 0.25) is 0 Å². The van der Waals surface area contributed by atoms with E-state index < -0.39 is 34.0 Å². The highest BCUT2D eigenvalue weighted by molar-refractivity contribution is 9.10. The van der Waals surface area contributed by atoms with Crippen LogP contribution in [0, 0.1) is 0 Å². The largest absolute Gasteiger partial charge is 0.444 e. The molecule has 1 fully saturated rings. The summed E-state index contributed by atoms with van der Waals surface area (Å²) in [7, 11) is -3.94. The summed E-state index contributed by atoms with van der Waals surface area (Å²) in [6, 6.07) is 6.22. The summed E-state index contributed by atoms with van der Waals surface area (Å²) >= 11 is 3.28. The van der Waals surface area contributed by atoms with Crippen LogP contribution in [0.25, 0.3) is 0 Å². The second-order valence-electron chi connectivity index (χ2n) is 7.29. The summed E-state index contributed by atoms with van der Waals surface area (Å²) in [6.45, 7) is 8.10. The Morgan fingerprint density at radius 1 is 1.33 bits per heavy atom. The van der Waals surface area contributed by atoms with Gasteiger partial charge in [-0.3, -0.25) is 4.18 Å². The van der Waals surface area contributed by atoms with Crippen molar-refractivity contribution in [3.63, 3.8) is 0 Å². The lowest BCUT2D eigenvalue weighted by molar-refractivity contribution is -0.0815. The first-order valence-corrected chi connectivity index (χ1v) is 11.0. The lowest BCUT2D eigenvalue weighted by Gasteiger charge is -2.36. The van der Waals surface area contributed by atoms with Crippen molar-refractivity contribution in [1.82, 2.24) is 4.90 Å². The molecular weight excluding hydrogens is 438 g/mol. The van der Waals surface area contributed by atoms with Gasteiger partial charge in [-0.25, -0.2) is 4.79 Å². The number of rotatable bonds is 5. The molecule has 1 unspecified atom stereocenters. The van der Waals surface area contributed by atoms with Crippen molar-refractivity contribution in [2.24, 2.45) is 0 Å². The quantitative estimate of drug-likeness (QED) is 0.620. The van der Waals surface area contributed by atoms with Crippen LogP contribution in [-0.2, 0) is 23.8 Å². The molecule has 9 heteroatoms. The number of carbonyl (C=O) groups is 1. The van der Waals surface area contributed by atoms with E-state index in [1.807, 2.05) is 6.92 Å². The number of hydrogen-bond donors (Lipinski definition) is 0. The SMILES string of the molecule is CC[C@H](OS(=O)(=O)c1ccc(Br)cc1)C1CN(C(=O)OC(C)(C)C)CCO1. The average molecular weight is 464 g/mol. The number of carbonyl (C=O) groups excluding carboxylic acids is 1. The highest BCUT2D eigenvalue weighted by atomic mass is 79.9. The normalized spacial score (nSPS) is 19.6. The molecule has 7 nitrogen and oxygen atoms in total. The molecule has 152 valence electrons. The maximum Gasteiger partial charge on any atom is 0.410 e. The molecular formula is C18H26BrNO6S. The van der Waals surface area contributed by atoms with Gasteiger partial charge in [0.1, 0.15) is 17.8 Å². The minimum absolute atomic E-state index is 0.0731. The van der Waals surface area contributed by atoms with E-state index in [-0.39, 0.29) is 11.4 Å². The van der Waals surface area contributed by atoms with Crippen molar-refractivity contribution in [2.75, 3.05) is 19.7 Å². The zero-order chi connectivity index (χ0) is 20.2. The highest BCUT2D eigenvalue weighted by Crippen LogP contribution is 2.23. The van der Waals surface area contributed by atoms with Crippen LogP contribution in [0.15, 0.2) is 33.6 Å². The zero-order valence-corrected chi connectivity index (χ0v) is 18.4. The first kappa shape index (κ1) is 22.1. The van der Waals surface area contributed by atoms with Gasteiger partial charge in [0.15, 0.2) is 0 Å². The number of benzene rings is 1. The molecule has 2 rings (SSSR count). The topological polar surface area (TPSA) is 82.1 Å². The number of halogens is 1. The molecule has 0 N–H and O–H groups in total. The third-order valence-corrected chi connectivity index (χ3v) is 5.79. The Hall–Kier alpha value is -1.16. The molecule has 0 radical (unpaired) electrons. The zero-order valence-electron chi connectivity index (χ0n) is 16.0. The van der Waals surface area contributed by atoms with Gasteiger partial charge in [0, 0.05) is 11.0 Å². The highest BCUT2D eigenvalue weighted by Gasteiger charge is 2.35. The van der Waals surface area contributed by atoms with E-state index in [2.05, 4.69) is 15.9 Å². The fourth-order valence-corrected chi connectivity index (χ4v) is 4.04. The number of amides is 1. The molecule has 0 saturated carbocycles. The molecule has 0 aromatic heterocycles. The lowest BCUT2D eigenvalue weighted by Crippen LogP contribution is -2.51. The minimum Gasteiger partial charge on any atom is -0.444 e. The molecule has 1 amide bonds. The van der Waals surface area contributed by atoms with Crippen LogP contribution in [0.4, 0.5) is 4.79 Å². The first-order chi connectivity index (χ1) is 12.5. The molecule has 1 aromatic carbocycles. The maximum atomic E-state index is 12.6. The van der Waals surface area contributed by atoms with Crippen LogP contribution in [0.1, 0.15) is 34.1 Å². The monoisotopic (exact) mass is 463 g/mol. The van der Waals surface area contributed by atoms with Crippen molar-refractivity contribution < 1.29 is 26.9 Å². The third-order valence-electron chi connectivity index (χ3n) is 3.91. The van der Waals surface area contributed by atoms with Gasteiger partial charge in [-0.2, -0.15) is 8.42 Å². The fourth-order valence-electron chi connectivity index (χ4n) is 2.61. The van der Waals surface area contributed by atoms with Crippen molar-refractivity contribution in [2.45, 2.75) is 56.8 Å². The van der Waals surface area contributed by atoms with Crippen LogP contribution in [-0.4, -0.2) is 56.9 Å². The number of ether oxygens (including phenoxy) is 2. The smallest absolute Gasteiger partial charge is 0.410 e. The summed E-state index contributed by atoms with van der Waals surface area (Å²) in [4.78, 5) is 13.9. The van der Waals surface area contributed by atoms with Crippen molar-refractivity contribution in [3.05, 3.63) is 28.7 Å². The van der Waals surface area contributed by atoms with E-state index in [9.17, 15) is 13.2 Å². The van der Waals surface area contributed by atoms with Crippen molar-refractivity contribution in [1.29, 1.82) is 0 Å². The van der Waals surface area contributed by atoms with Crippen LogP contribution >= 0.6 is 15.9 Å². The van der Waals surface area contributed by atoms with Crippen LogP contribution in [0.5, 0.6) is 0 Å². The van der Waals surface area contributed by atoms with Gasteiger partial charge in [-0.05, 0) is 51.5 Å². The van der Waals surface area contributed by atoms with E-state index in [0.717, 1.165) is 4.47 Å². The van der Waals surface area contributed by atoms with E-state index in [1.54, 1.807) is 32.9 Å². The summed E-state index contributed by atoms with van der Waals surface area (Å²) in [5, 5.41) is 0. The van der Waals surface area contributed by atoms with E-state index >= 15 is 0 Å². The first-order valence-electron chi connectivity index (χ1n) is 8.80. The Morgan fingerprint density at radius 3 is 2.52 bits per heavy atom. The van der Waals surface area contributed by atoms with E-state index in [1.165, 1.54) is 17.0 Å². The van der Waals surface area contributed by atoms with Gasteiger partial charge >= 0.3 is 6.09 Å². The van der Waals surface area contributed by atoms with Gasteiger partial charge in [0.05, 0.1) is 18.0 Å². The summed E-state index contributed by atoms with van der Waals surface area (Å²) in [5.41, 5.74) is -0.601. The Bertz CT molecular complexity index is 744. The average Bonchev–Trinajstić information content (AvgIpc) is 2.59. The molecule has 27 heavy (non-hydrogen) atoms. The Labute approximate surface area is 169 Å². The Morgan fingerprint density at radius 2 is 1.96 bits per heavy atom. The summed E-state index contributed by atoms with van der Waals surface area (Å²) in [6.07, 6.45) is -1.28. The lowest BCUT2D eigenvalue weighted by atomic mass is 10.1. The maximum absolute atomic E-state index is 12.6. The summed E-state index contributed by atoms with van der Waals surface area (Å²) < 4.78 is 42.4. The van der Waals surface area contributed by atoms with Gasteiger partial charge in [-0.15, -0.1) is 0 Å². The number of morpholine rings is 1. The molecule has 0 spiro atoms. The summed E-state index contributed by atoms with van der Waals surface area (Å²) in [5.74, 6) is 0. The van der Waals surface area contributed by atoms with Crippen molar-refractivity contribution in [3.8, 4) is 0 Å². The Balaban J connectivity index is 2.07. The Kier molecular flexibility index (Phi) is 7.29. The number of hydrogen-bond acceptors (Lipinski definition) is 6. The van der Waals surface area contributed by atoms with Crippen LogP contribution in [0.3, 0.4) is 0 Å². The molecule has 1 aliphatic heterocycles. The number of nitrogens with zero attached hydrogens (tertiary/aromatic N) is 1. The fraction of sp³-hybridized carbons (Fsp3) is 0.611. The minimum atomic E-state index is -3.94. The molecule has 1 saturated heterocycles. The van der Waals surface area contributed by atoms with Gasteiger partial charge in [0.25, 0.3) is 10.1 Å². The standard InChI is InChI=1S/C18H26BrNO6S/c1-5-15(26-27(22,23)14-8-6-13(19)7-9-14)16-12-20(10-11-24-16)17(21)25-18(2,3)4/h6-9,15-16H,5,10-12H2,1-4H3/t15-,16?/m0/s1. The predicted octanol–water partition coefficient (Wildman–Crippen LogP) is 3.57.